The lowest BCUT2D eigenvalue weighted by molar-refractivity contribution is 0.500. The summed E-state index contributed by atoms with van der Waals surface area (Å²) in [6.45, 7) is 4.77. The summed E-state index contributed by atoms with van der Waals surface area (Å²) in [4.78, 5) is 0. The molecule has 0 bridgehead atoms. The molecule has 1 atom stereocenters. The number of nitrogens with one attached hydrogen (secondary N) is 1. The van der Waals surface area contributed by atoms with Crippen molar-refractivity contribution in [1.29, 1.82) is 0 Å². The largest absolute Gasteiger partial charge is 0.310 e. The van der Waals surface area contributed by atoms with Crippen molar-refractivity contribution < 1.29 is 4.39 Å². The van der Waals surface area contributed by atoms with Gasteiger partial charge in [-0.15, -0.1) is 12.3 Å². The molecular weight excluding hydrogens is 213 g/mol. The minimum atomic E-state index is -0.146. The first-order valence-electron chi connectivity index (χ1n) is 6.12. The standard InChI is InChI=1S/C15H20FN/c1-4-6-7-8-15(17-5-2)13-9-10-14(16)12(3)11-13/h1,9-11,15,17H,5-8H2,2-3H3. The smallest absolute Gasteiger partial charge is 0.126 e. The molecule has 0 radical (unpaired) electrons. The maximum Gasteiger partial charge on any atom is 0.126 e. The van der Waals surface area contributed by atoms with E-state index in [0.717, 1.165) is 31.4 Å². The molecule has 1 unspecified atom stereocenters. The first-order valence-corrected chi connectivity index (χ1v) is 6.12. The van der Waals surface area contributed by atoms with Gasteiger partial charge in [0.25, 0.3) is 0 Å². The zero-order valence-corrected chi connectivity index (χ0v) is 10.6. The lowest BCUT2D eigenvalue weighted by Crippen LogP contribution is -2.21. The molecule has 0 heterocycles. The van der Waals surface area contributed by atoms with Crippen LogP contribution < -0.4 is 5.32 Å². The Hall–Kier alpha value is -1.33. The van der Waals surface area contributed by atoms with Crippen LogP contribution in [0.1, 0.15) is 43.4 Å². The highest BCUT2D eigenvalue weighted by atomic mass is 19.1. The summed E-state index contributed by atoms with van der Waals surface area (Å²) in [5.41, 5.74) is 1.84. The molecule has 0 aliphatic heterocycles. The van der Waals surface area contributed by atoms with Crippen molar-refractivity contribution in [3.8, 4) is 12.3 Å². The Morgan fingerprint density at radius 1 is 1.47 bits per heavy atom. The predicted octanol–water partition coefficient (Wildman–Crippen LogP) is 3.59. The van der Waals surface area contributed by atoms with Crippen LogP contribution in [0.5, 0.6) is 0 Å². The number of unbranched alkanes of at least 4 members (excludes halogenated alkanes) is 1. The Morgan fingerprint density at radius 3 is 2.82 bits per heavy atom. The average molecular weight is 233 g/mol. The van der Waals surface area contributed by atoms with E-state index in [-0.39, 0.29) is 11.9 Å². The second-order valence-corrected chi connectivity index (χ2v) is 4.22. The topological polar surface area (TPSA) is 12.0 Å². The number of hydrogen-bond donors (Lipinski definition) is 1. The van der Waals surface area contributed by atoms with Crippen LogP contribution in [0.15, 0.2) is 18.2 Å². The van der Waals surface area contributed by atoms with E-state index in [9.17, 15) is 4.39 Å². The molecule has 0 aromatic heterocycles. The maximum absolute atomic E-state index is 13.2. The van der Waals surface area contributed by atoms with E-state index in [2.05, 4.69) is 18.2 Å². The highest BCUT2D eigenvalue weighted by molar-refractivity contribution is 5.26. The molecule has 0 saturated carbocycles. The van der Waals surface area contributed by atoms with Gasteiger partial charge in [-0.25, -0.2) is 4.39 Å². The van der Waals surface area contributed by atoms with Crippen LogP contribution in [0.3, 0.4) is 0 Å². The van der Waals surface area contributed by atoms with Gasteiger partial charge in [-0.05, 0) is 43.5 Å². The van der Waals surface area contributed by atoms with Gasteiger partial charge in [-0.3, -0.25) is 0 Å². The van der Waals surface area contributed by atoms with E-state index < -0.39 is 0 Å². The van der Waals surface area contributed by atoms with Gasteiger partial charge in [-0.1, -0.05) is 19.1 Å². The summed E-state index contributed by atoms with van der Waals surface area (Å²) < 4.78 is 13.2. The van der Waals surface area contributed by atoms with Crippen molar-refractivity contribution in [3.63, 3.8) is 0 Å². The van der Waals surface area contributed by atoms with E-state index >= 15 is 0 Å². The number of hydrogen-bond acceptors (Lipinski definition) is 1. The second kappa shape index (κ2) is 7.09. The molecule has 92 valence electrons. The highest BCUT2D eigenvalue weighted by Crippen LogP contribution is 2.21. The Kier molecular flexibility index (Phi) is 5.72. The molecule has 2 heteroatoms. The lowest BCUT2D eigenvalue weighted by Gasteiger charge is -2.18. The van der Waals surface area contributed by atoms with Crippen LogP contribution in [0.25, 0.3) is 0 Å². The zero-order chi connectivity index (χ0) is 12.7. The van der Waals surface area contributed by atoms with Crippen molar-refractivity contribution in [2.24, 2.45) is 0 Å². The molecule has 17 heavy (non-hydrogen) atoms. The number of halogens is 1. The molecular formula is C15H20FN. The van der Waals surface area contributed by atoms with Gasteiger partial charge in [-0.2, -0.15) is 0 Å². The fourth-order valence-electron chi connectivity index (χ4n) is 1.93. The molecule has 0 fully saturated rings. The summed E-state index contributed by atoms with van der Waals surface area (Å²) in [6, 6.07) is 5.58. The quantitative estimate of drug-likeness (QED) is 0.585. The molecule has 1 nitrogen and oxygen atoms in total. The molecule has 1 aromatic rings. The van der Waals surface area contributed by atoms with Crippen LogP contribution in [0.4, 0.5) is 4.39 Å². The molecule has 1 N–H and O–H groups in total. The fraction of sp³-hybridized carbons (Fsp3) is 0.467. The number of benzene rings is 1. The Bertz CT molecular complexity index is 392. The van der Waals surface area contributed by atoms with Gasteiger partial charge in [0.2, 0.25) is 0 Å². The molecule has 0 aliphatic carbocycles. The predicted molar refractivity (Wildman–Crippen MR) is 70.2 cm³/mol. The maximum atomic E-state index is 13.2. The SMILES string of the molecule is C#CCCCC(NCC)c1ccc(F)c(C)c1. The van der Waals surface area contributed by atoms with Gasteiger partial charge in [0, 0.05) is 12.5 Å². The first-order chi connectivity index (χ1) is 8.19. The van der Waals surface area contributed by atoms with E-state index in [1.165, 1.54) is 6.07 Å². The third kappa shape index (κ3) is 4.20. The third-order valence-electron chi connectivity index (χ3n) is 2.85. The van der Waals surface area contributed by atoms with E-state index in [4.69, 9.17) is 6.42 Å². The Labute approximate surface area is 103 Å². The summed E-state index contributed by atoms with van der Waals surface area (Å²) >= 11 is 0. The van der Waals surface area contributed by atoms with Gasteiger partial charge in [0.15, 0.2) is 0 Å². The monoisotopic (exact) mass is 233 g/mol. The summed E-state index contributed by atoms with van der Waals surface area (Å²) in [7, 11) is 0. The van der Waals surface area contributed by atoms with Gasteiger partial charge < -0.3 is 5.32 Å². The summed E-state index contributed by atoms with van der Waals surface area (Å²) in [5.74, 6) is 2.50. The normalized spacial score (nSPS) is 12.1. The van der Waals surface area contributed by atoms with Crippen molar-refractivity contribution in [1.82, 2.24) is 5.32 Å². The van der Waals surface area contributed by atoms with Crippen LogP contribution in [0, 0.1) is 25.1 Å². The van der Waals surface area contributed by atoms with Gasteiger partial charge in [0.05, 0.1) is 0 Å². The molecule has 0 amide bonds. The molecule has 0 spiro atoms. The minimum Gasteiger partial charge on any atom is -0.310 e. The average Bonchev–Trinajstić information content (AvgIpc) is 2.32. The number of rotatable bonds is 6. The van der Waals surface area contributed by atoms with Crippen molar-refractivity contribution in [3.05, 3.63) is 35.1 Å². The fourth-order valence-corrected chi connectivity index (χ4v) is 1.93. The first kappa shape index (κ1) is 13.7. The van der Waals surface area contributed by atoms with E-state index in [0.29, 0.717) is 5.56 Å². The third-order valence-corrected chi connectivity index (χ3v) is 2.85. The Morgan fingerprint density at radius 2 is 2.24 bits per heavy atom. The molecule has 1 rings (SSSR count). The summed E-state index contributed by atoms with van der Waals surface area (Å²) in [5, 5.41) is 3.41. The zero-order valence-electron chi connectivity index (χ0n) is 10.6. The van der Waals surface area contributed by atoms with Gasteiger partial charge in [0.1, 0.15) is 5.82 Å². The van der Waals surface area contributed by atoms with Crippen LogP contribution in [0.2, 0.25) is 0 Å². The molecule has 0 saturated heterocycles. The van der Waals surface area contributed by atoms with Crippen LogP contribution >= 0.6 is 0 Å². The molecule has 0 aliphatic rings. The van der Waals surface area contributed by atoms with E-state index in [1.54, 1.807) is 6.92 Å². The Balaban J connectivity index is 2.74. The minimum absolute atomic E-state index is 0.146. The van der Waals surface area contributed by atoms with Crippen molar-refractivity contribution in [2.45, 2.75) is 39.2 Å². The van der Waals surface area contributed by atoms with Crippen molar-refractivity contribution in [2.75, 3.05) is 6.54 Å². The number of terminal acetylenes is 1. The van der Waals surface area contributed by atoms with Crippen LogP contribution in [-0.2, 0) is 0 Å². The molecule has 1 aromatic carbocycles. The number of aryl methyl sites for hydroxylation is 1. The van der Waals surface area contributed by atoms with Crippen molar-refractivity contribution >= 4 is 0 Å². The summed E-state index contributed by atoms with van der Waals surface area (Å²) in [6.07, 6.45) is 8.02. The lowest BCUT2D eigenvalue weighted by atomic mass is 9.99. The van der Waals surface area contributed by atoms with Gasteiger partial charge >= 0.3 is 0 Å². The van der Waals surface area contributed by atoms with Crippen LogP contribution in [-0.4, -0.2) is 6.54 Å². The highest BCUT2D eigenvalue weighted by Gasteiger charge is 2.10. The second-order valence-electron chi connectivity index (χ2n) is 4.22. The van der Waals surface area contributed by atoms with E-state index in [1.807, 2.05) is 12.1 Å².